The number of sulfonamides is 1. The van der Waals surface area contributed by atoms with Crippen molar-refractivity contribution in [3.8, 4) is 5.75 Å². The molecule has 16 nitrogen and oxygen atoms in total. The molecule has 0 bridgehead atoms. The number of nitrogens with one attached hydrogen (secondary N) is 4. The molecule has 0 aliphatic rings. The minimum Gasteiger partial charge on any atom is -0.494 e. The zero-order valence-corrected chi connectivity index (χ0v) is 32.0. The van der Waals surface area contributed by atoms with Crippen LogP contribution < -0.4 is 30.8 Å². The molecule has 0 unspecified atom stereocenters. The minimum absolute atomic E-state index is 0.0992. The first-order chi connectivity index (χ1) is 25.7. The first kappa shape index (κ1) is 41.5. The summed E-state index contributed by atoms with van der Waals surface area (Å²) in [4.78, 5) is 54.9. The zero-order valence-electron chi connectivity index (χ0n) is 31.2. The topological polar surface area (TPSA) is 212 Å². The highest BCUT2D eigenvalue weighted by Gasteiger charge is 2.29. The van der Waals surface area contributed by atoms with E-state index in [1.807, 2.05) is 30.8 Å². The molecule has 17 heteroatoms. The summed E-state index contributed by atoms with van der Waals surface area (Å²) in [5.41, 5.74) is 1.28. The van der Waals surface area contributed by atoms with Crippen LogP contribution in [0.1, 0.15) is 59.7 Å². The molecule has 0 aliphatic carbocycles. The Morgan fingerprint density at radius 2 is 1.72 bits per heavy atom. The second-order valence-corrected chi connectivity index (χ2v) is 14.6. The van der Waals surface area contributed by atoms with Gasteiger partial charge >= 0.3 is 5.97 Å². The molecule has 4 aromatic rings. The third-order valence-electron chi connectivity index (χ3n) is 8.49. The van der Waals surface area contributed by atoms with Gasteiger partial charge in [0.1, 0.15) is 17.4 Å². The van der Waals surface area contributed by atoms with E-state index in [-0.39, 0.29) is 34.8 Å². The number of fused-ring (bicyclic) bond motifs is 1. The molecule has 2 aromatic heterocycles. The molecule has 0 radical (unpaired) electrons. The van der Waals surface area contributed by atoms with Gasteiger partial charge in [0.05, 0.1) is 17.0 Å². The highest BCUT2D eigenvalue weighted by atomic mass is 32.2. The lowest BCUT2D eigenvalue weighted by molar-refractivity contribution is -0.138. The maximum absolute atomic E-state index is 13.5. The SMILES string of the molecule is CCCOCCCNC(=O)CCCOc1cc(C)c(S(=O)(=O)N[C@@H](CNC(=O)c2cn(C)c3cc(CNc4nccn4C)ccc3c2=O)C(=O)O)c(C)c1. The Bertz CT molecular complexity index is 2110. The van der Waals surface area contributed by atoms with E-state index < -0.39 is 39.9 Å². The minimum atomic E-state index is -4.39. The first-order valence-corrected chi connectivity index (χ1v) is 19.2. The number of imidazole rings is 1. The van der Waals surface area contributed by atoms with Crippen molar-refractivity contribution < 1.29 is 37.4 Å². The predicted molar refractivity (Wildman–Crippen MR) is 203 cm³/mol. The van der Waals surface area contributed by atoms with Gasteiger partial charge in [0.2, 0.25) is 27.3 Å². The average molecular weight is 768 g/mol. The largest absolute Gasteiger partial charge is 0.494 e. The fourth-order valence-corrected chi connectivity index (χ4v) is 7.45. The molecule has 0 fully saturated rings. The number of carboxylic acid groups (broad SMARTS) is 1. The smallest absolute Gasteiger partial charge is 0.323 e. The number of aryl methyl sites for hydroxylation is 4. The predicted octanol–water partition coefficient (Wildman–Crippen LogP) is 2.75. The molecule has 2 heterocycles. The van der Waals surface area contributed by atoms with Gasteiger partial charge in [-0.05, 0) is 74.1 Å². The number of nitrogens with zero attached hydrogens (tertiary/aromatic N) is 3. The van der Waals surface area contributed by atoms with Crippen molar-refractivity contribution in [2.45, 2.75) is 63.9 Å². The number of rotatable bonds is 21. The number of carboxylic acids is 1. The van der Waals surface area contributed by atoms with Crippen LogP contribution in [-0.2, 0) is 45.0 Å². The lowest BCUT2D eigenvalue weighted by atomic mass is 10.1. The summed E-state index contributed by atoms with van der Waals surface area (Å²) in [5, 5.41) is 18.6. The van der Waals surface area contributed by atoms with Crippen LogP contribution in [0.4, 0.5) is 5.95 Å². The third-order valence-corrected chi connectivity index (χ3v) is 10.3. The summed E-state index contributed by atoms with van der Waals surface area (Å²) < 4.78 is 43.7. The summed E-state index contributed by atoms with van der Waals surface area (Å²) >= 11 is 0. The fraction of sp³-hybridized carbons (Fsp3) is 0.432. The number of benzene rings is 2. The number of anilines is 1. The maximum Gasteiger partial charge on any atom is 0.323 e. The molecule has 2 aromatic carbocycles. The number of carbonyl (C=O) groups is 3. The Hall–Kier alpha value is -5.26. The number of aromatic nitrogens is 3. The molecular formula is C37H49N7O9S. The van der Waals surface area contributed by atoms with Crippen LogP contribution >= 0.6 is 0 Å². The van der Waals surface area contributed by atoms with Gasteiger partial charge in [-0.1, -0.05) is 13.0 Å². The molecule has 0 saturated carbocycles. The number of aliphatic carboxylic acids is 1. The zero-order chi connectivity index (χ0) is 39.4. The Kier molecular flexibility index (Phi) is 14.7. The molecule has 54 heavy (non-hydrogen) atoms. The van der Waals surface area contributed by atoms with Crippen molar-refractivity contribution in [2.24, 2.45) is 14.1 Å². The lowest BCUT2D eigenvalue weighted by Gasteiger charge is -2.19. The quantitative estimate of drug-likeness (QED) is 0.0778. The molecular weight excluding hydrogens is 719 g/mol. The van der Waals surface area contributed by atoms with Gasteiger partial charge in [-0.25, -0.2) is 13.4 Å². The second-order valence-electron chi connectivity index (χ2n) is 12.9. The van der Waals surface area contributed by atoms with E-state index in [1.165, 1.54) is 18.3 Å². The number of hydrogen-bond donors (Lipinski definition) is 5. The number of ether oxygens (including phenoxy) is 2. The molecule has 0 saturated heterocycles. The normalized spacial score (nSPS) is 12.0. The average Bonchev–Trinajstić information content (AvgIpc) is 3.54. The van der Waals surface area contributed by atoms with E-state index >= 15 is 0 Å². The molecule has 292 valence electrons. The van der Waals surface area contributed by atoms with Crippen LogP contribution in [0.5, 0.6) is 5.75 Å². The number of hydrogen-bond acceptors (Lipinski definition) is 10. The van der Waals surface area contributed by atoms with E-state index in [4.69, 9.17) is 9.47 Å². The highest BCUT2D eigenvalue weighted by molar-refractivity contribution is 7.89. The summed E-state index contributed by atoms with van der Waals surface area (Å²) in [7, 11) is -0.856. The van der Waals surface area contributed by atoms with Crippen molar-refractivity contribution in [1.82, 2.24) is 29.5 Å². The van der Waals surface area contributed by atoms with Gasteiger partial charge in [0.15, 0.2) is 0 Å². The van der Waals surface area contributed by atoms with Gasteiger partial charge < -0.3 is 39.7 Å². The fourth-order valence-electron chi connectivity index (χ4n) is 5.81. The van der Waals surface area contributed by atoms with Crippen molar-refractivity contribution in [3.05, 3.63) is 81.4 Å². The Balaban J connectivity index is 1.34. The van der Waals surface area contributed by atoms with Gasteiger partial charge in [-0.2, -0.15) is 4.72 Å². The van der Waals surface area contributed by atoms with Crippen LogP contribution in [0.25, 0.3) is 10.9 Å². The van der Waals surface area contributed by atoms with Gasteiger partial charge in [0.25, 0.3) is 5.91 Å². The van der Waals surface area contributed by atoms with Crippen molar-refractivity contribution in [3.63, 3.8) is 0 Å². The monoisotopic (exact) mass is 767 g/mol. The van der Waals surface area contributed by atoms with E-state index in [0.717, 1.165) is 18.4 Å². The van der Waals surface area contributed by atoms with Crippen LogP contribution in [-0.4, -0.2) is 84.4 Å². The van der Waals surface area contributed by atoms with E-state index in [9.17, 15) is 32.7 Å². The molecule has 2 amide bonds. The van der Waals surface area contributed by atoms with Crippen LogP contribution in [0.15, 0.2) is 58.6 Å². The molecule has 0 spiro atoms. The summed E-state index contributed by atoms with van der Waals surface area (Å²) in [6.07, 6.45) is 7.22. The van der Waals surface area contributed by atoms with E-state index in [1.54, 1.807) is 43.8 Å². The Morgan fingerprint density at radius 1 is 0.981 bits per heavy atom. The van der Waals surface area contributed by atoms with Crippen LogP contribution in [0, 0.1) is 13.8 Å². The summed E-state index contributed by atoms with van der Waals surface area (Å²) in [6.45, 7) is 6.99. The van der Waals surface area contributed by atoms with Crippen molar-refractivity contribution in [2.75, 3.05) is 38.2 Å². The number of amides is 2. The first-order valence-electron chi connectivity index (χ1n) is 17.7. The lowest BCUT2D eigenvalue weighted by Crippen LogP contribution is -2.49. The Morgan fingerprint density at radius 3 is 2.39 bits per heavy atom. The van der Waals surface area contributed by atoms with E-state index in [0.29, 0.717) is 61.1 Å². The number of pyridine rings is 1. The molecule has 4 rings (SSSR count). The van der Waals surface area contributed by atoms with Gasteiger partial charge in [-0.15, -0.1) is 0 Å². The van der Waals surface area contributed by atoms with Gasteiger partial charge in [0, 0.05) is 77.3 Å². The number of carbonyl (C=O) groups excluding carboxylic acids is 2. The van der Waals surface area contributed by atoms with Crippen LogP contribution in [0.2, 0.25) is 0 Å². The molecule has 0 aliphatic heterocycles. The van der Waals surface area contributed by atoms with Crippen molar-refractivity contribution >= 4 is 44.7 Å². The van der Waals surface area contributed by atoms with Crippen molar-refractivity contribution in [1.29, 1.82) is 0 Å². The molecule has 5 N–H and O–H groups in total. The second kappa shape index (κ2) is 19.2. The highest BCUT2D eigenvalue weighted by Crippen LogP contribution is 2.26. The summed E-state index contributed by atoms with van der Waals surface area (Å²) in [5.74, 6) is -1.41. The van der Waals surface area contributed by atoms with Gasteiger partial charge in [-0.3, -0.25) is 19.2 Å². The molecule has 1 atom stereocenters. The summed E-state index contributed by atoms with van der Waals surface area (Å²) in [6, 6.07) is 6.49. The van der Waals surface area contributed by atoms with Crippen LogP contribution in [0.3, 0.4) is 0 Å². The Labute approximate surface area is 314 Å². The maximum atomic E-state index is 13.5. The third kappa shape index (κ3) is 11.1. The standard InChI is InChI=1S/C37H49N7O9S/c1-6-15-52-16-8-12-38-32(45)9-7-17-53-27-18-24(2)34(25(3)19-27)54(50,51)42-30(36(48)49)22-40-35(47)29-23-44(5)31-20-26(10-11-28(31)33(29)46)21-41-37-39-13-14-43(37)4/h10-11,13-14,18-20,23,30,42H,6-9,12,15-17,21-22H2,1-5H3,(H,38,45)(H,39,41)(H,40,47)(H,48,49)/t30-/m0/s1. The van der Waals surface area contributed by atoms with E-state index in [2.05, 4.69) is 25.7 Å².